The van der Waals surface area contributed by atoms with Crippen molar-refractivity contribution in [3.05, 3.63) is 149 Å². The van der Waals surface area contributed by atoms with E-state index in [1.54, 1.807) is 36.2 Å². The van der Waals surface area contributed by atoms with Crippen LogP contribution in [0.3, 0.4) is 0 Å². The van der Waals surface area contributed by atoms with Crippen LogP contribution in [-0.4, -0.2) is 102 Å². The van der Waals surface area contributed by atoms with Crippen molar-refractivity contribution in [2.45, 2.75) is 64.5 Å². The number of likely N-dealkylation sites (N-methyl/N-ethyl adjacent to an activating group) is 1. The molecule has 0 unspecified atom stereocenters. The highest BCUT2D eigenvalue weighted by atomic mass is 28.2. The molecule has 1 aliphatic rings. The SMILES string of the molecule is COc1cc(C(=O)N(C)c2ccc(C)cc2OCCCCCC(=O)N2CCN(C)CC2)ccc1NC(=O)c1cccc2c1nc(C(C)(C)C)n2C(O[SiH3])(c1ccccc1)c1ccccc1. The van der Waals surface area contributed by atoms with Gasteiger partial charge in [0.1, 0.15) is 33.3 Å². The highest BCUT2D eigenvalue weighted by Crippen LogP contribution is 2.42. The summed E-state index contributed by atoms with van der Waals surface area (Å²) in [6.45, 7) is 12.2. The zero-order valence-corrected chi connectivity index (χ0v) is 41.0. The number of methoxy groups -OCH3 is 1. The monoisotopic (exact) mass is 894 g/mol. The van der Waals surface area contributed by atoms with Crippen LogP contribution in [0.2, 0.25) is 0 Å². The Hall–Kier alpha value is -6.28. The van der Waals surface area contributed by atoms with E-state index in [1.165, 1.54) is 7.11 Å². The van der Waals surface area contributed by atoms with Crippen molar-refractivity contribution in [1.29, 1.82) is 0 Å². The lowest BCUT2D eigenvalue weighted by Gasteiger charge is -2.39. The second kappa shape index (κ2) is 20.3. The van der Waals surface area contributed by atoms with Crippen LogP contribution in [0, 0.1) is 6.92 Å². The predicted molar refractivity (Wildman–Crippen MR) is 261 cm³/mol. The van der Waals surface area contributed by atoms with Gasteiger partial charge in [0.2, 0.25) is 5.91 Å². The quantitative estimate of drug-likeness (QED) is 0.0770. The van der Waals surface area contributed by atoms with Crippen LogP contribution < -0.4 is 19.7 Å². The lowest BCUT2D eigenvalue weighted by atomic mass is 9.90. The predicted octanol–water partition coefficient (Wildman–Crippen LogP) is 7.94. The van der Waals surface area contributed by atoms with Gasteiger partial charge in [0, 0.05) is 61.8 Å². The molecule has 1 aliphatic heterocycles. The Bertz CT molecular complexity index is 2580. The van der Waals surface area contributed by atoms with E-state index in [0.717, 1.165) is 73.5 Å². The number of piperazine rings is 1. The van der Waals surface area contributed by atoms with Crippen LogP contribution in [0.15, 0.2) is 115 Å². The van der Waals surface area contributed by atoms with Gasteiger partial charge in [0.25, 0.3) is 11.8 Å². The van der Waals surface area contributed by atoms with E-state index < -0.39 is 11.1 Å². The first-order valence-electron chi connectivity index (χ1n) is 22.4. The fraction of sp³-hybridized carbons (Fsp3) is 0.346. The molecular weight excluding hydrogens is 833 g/mol. The molecule has 2 heterocycles. The molecule has 1 N–H and O–H groups in total. The van der Waals surface area contributed by atoms with Crippen LogP contribution in [-0.2, 0) is 20.4 Å². The Morgan fingerprint density at radius 1 is 0.800 bits per heavy atom. The average Bonchev–Trinajstić information content (AvgIpc) is 3.72. The molecular formula is C52H62N6O6Si. The number of fused-ring (bicyclic) bond motifs is 1. The number of carbonyl (C=O) groups is 3. The number of amides is 3. The van der Waals surface area contributed by atoms with Crippen LogP contribution >= 0.6 is 0 Å². The molecule has 7 rings (SSSR count). The lowest BCUT2D eigenvalue weighted by molar-refractivity contribution is -0.132. The Morgan fingerprint density at radius 2 is 1.48 bits per heavy atom. The first-order chi connectivity index (χ1) is 31.3. The number of hydrogen-bond donors (Lipinski definition) is 1. The molecule has 0 bridgehead atoms. The highest BCUT2D eigenvalue weighted by molar-refractivity contribution is 6.13. The second-order valence-electron chi connectivity index (χ2n) is 17.8. The Labute approximate surface area is 386 Å². The lowest BCUT2D eigenvalue weighted by Crippen LogP contribution is -2.47. The molecule has 3 amide bonds. The molecule has 5 aromatic carbocycles. The Balaban J connectivity index is 1.09. The summed E-state index contributed by atoms with van der Waals surface area (Å²) in [5.41, 5.74) is 4.44. The fourth-order valence-corrected chi connectivity index (χ4v) is 9.22. The number of hydrogen-bond acceptors (Lipinski definition) is 8. The van der Waals surface area contributed by atoms with Crippen molar-refractivity contribution >= 4 is 50.6 Å². The fourth-order valence-electron chi connectivity index (χ4n) is 8.57. The summed E-state index contributed by atoms with van der Waals surface area (Å²) in [5, 5.41) is 3.05. The average molecular weight is 895 g/mol. The van der Waals surface area contributed by atoms with E-state index in [4.69, 9.17) is 18.9 Å². The number of aryl methyl sites for hydroxylation is 1. The molecule has 0 aliphatic carbocycles. The number of nitrogens with one attached hydrogen (secondary N) is 1. The normalized spacial score (nSPS) is 13.5. The maximum atomic E-state index is 14.4. The van der Waals surface area contributed by atoms with Gasteiger partial charge in [-0.3, -0.25) is 19.0 Å². The summed E-state index contributed by atoms with van der Waals surface area (Å²) >= 11 is 0. The number of nitrogens with zero attached hydrogens (tertiary/aromatic N) is 5. The number of rotatable bonds is 16. The van der Waals surface area contributed by atoms with Gasteiger partial charge in [-0.25, -0.2) is 4.98 Å². The molecule has 6 aromatic rings. The number of benzene rings is 5. The van der Waals surface area contributed by atoms with Crippen LogP contribution in [0.1, 0.15) is 89.7 Å². The molecule has 340 valence electrons. The standard InChI is InChI=1S/C52H62N6O6Si/c1-36-25-28-42(45(34-36)63-33-16-10-15-24-46(59)57-31-29-55(5)30-32-57)56(6)49(61)37-26-27-41(44(35-37)62-7)53-48(60)40-22-17-23-43-47(40)54-50(51(2,3)4)58(43)52(64-65,38-18-11-8-12-19-38)39-20-13-9-14-21-39/h8-9,11-14,17-23,25-28,34-35H,10,15-16,24,29-33H2,1-7,65H3,(H,53,60). The maximum Gasteiger partial charge on any atom is 0.258 e. The smallest absolute Gasteiger partial charge is 0.258 e. The second-order valence-corrected chi connectivity index (χ2v) is 18.2. The van der Waals surface area contributed by atoms with Crippen LogP contribution in [0.4, 0.5) is 11.4 Å². The van der Waals surface area contributed by atoms with Gasteiger partial charge in [-0.15, -0.1) is 0 Å². The third kappa shape index (κ3) is 10.0. The van der Waals surface area contributed by atoms with Crippen molar-refractivity contribution < 1.29 is 28.3 Å². The first-order valence-corrected chi connectivity index (χ1v) is 23.2. The topological polar surface area (TPSA) is 118 Å². The Kier molecular flexibility index (Phi) is 14.6. The number of para-hydroxylation sites is 1. The zero-order chi connectivity index (χ0) is 46.3. The molecule has 1 fully saturated rings. The van der Waals surface area contributed by atoms with E-state index in [9.17, 15) is 14.4 Å². The summed E-state index contributed by atoms with van der Waals surface area (Å²) in [7, 11) is 5.71. The van der Waals surface area contributed by atoms with E-state index in [-0.39, 0.29) is 17.7 Å². The van der Waals surface area contributed by atoms with Gasteiger partial charge in [-0.05, 0) is 81.3 Å². The largest absolute Gasteiger partial charge is 0.495 e. The van der Waals surface area contributed by atoms with E-state index in [0.29, 0.717) is 63.0 Å². The van der Waals surface area contributed by atoms with Crippen LogP contribution in [0.25, 0.3) is 11.0 Å². The van der Waals surface area contributed by atoms with Gasteiger partial charge >= 0.3 is 0 Å². The van der Waals surface area contributed by atoms with E-state index >= 15 is 0 Å². The number of unbranched alkanes of at least 4 members (excludes halogenated alkanes) is 2. The minimum Gasteiger partial charge on any atom is -0.495 e. The molecule has 0 saturated carbocycles. The van der Waals surface area contributed by atoms with Gasteiger partial charge in [-0.2, -0.15) is 0 Å². The van der Waals surface area contributed by atoms with Crippen molar-refractivity contribution in [3.8, 4) is 11.5 Å². The Morgan fingerprint density at radius 3 is 2.11 bits per heavy atom. The van der Waals surface area contributed by atoms with Crippen molar-refractivity contribution in [2.24, 2.45) is 0 Å². The minimum absolute atomic E-state index is 0.224. The molecule has 1 saturated heterocycles. The van der Waals surface area contributed by atoms with E-state index in [2.05, 4.69) is 66.9 Å². The zero-order valence-electron chi connectivity index (χ0n) is 39.0. The number of carbonyl (C=O) groups excluding carboxylic acids is 3. The molecule has 13 heteroatoms. The molecule has 0 radical (unpaired) electrons. The molecule has 0 spiro atoms. The number of anilines is 2. The number of imidazole rings is 1. The summed E-state index contributed by atoms with van der Waals surface area (Å²) in [5.74, 6) is 1.26. The van der Waals surface area contributed by atoms with Gasteiger partial charge < -0.3 is 33.9 Å². The van der Waals surface area contributed by atoms with Gasteiger partial charge in [0.15, 0.2) is 5.72 Å². The van der Waals surface area contributed by atoms with Gasteiger partial charge in [0.05, 0.1) is 36.2 Å². The summed E-state index contributed by atoms with van der Waals surface area (Å²) in [6.07, 6.45) is 3.01. The minimum atomic E-state index is -1.06. The summed E-state index contributed by atoms with van der Waals surface area (Å²) in [4.78, 5) is 52.2. The molecule has 1 aromatic heterocycles. The third-order valence-corrected chi connectivity index (χ3v) is 12.8. The summed E-state index contributed by atoms with van der Waals surface area (Å²) in [6, 6.07) is 36.7. The third-order valence-electron chi connectivity index (χ3n) is 12.2. The summed E-state index contributed by atoms with van der Waals surface area (Å²) < 4.78 is 21.0. The van der Waals surface area contributed by atoms with E-state index in [1.807, 2.05) is 78.6 Å². The van der Waals surface area contributed by atoms with Crippen molar-refractivity contribution in [2.75, 3.05) is 64.2 Å². The van der Waals surface area contributed by atoms with Crippen molar-refractivity contribution in [1.82, 2.24) is 19.4 Å². The molecule has 65 heavy (non-hydrogen) atoms. The van der Waals surface area contributed by atoms with Crippen LogP contribution in [0.5, 0.6) is 11.5 Å². The number of ether oxygens (including phenoxy) is 2. The molecule has 0 atom stereocenters. The molecule has 12 nitrogen and oxygen atoms in total. The van der Waals surface area contributed by atoms with Crippen molar-refractivity contribution in [3.63, 3.8) is 0 Å². The maximum absolute atomic E-state index is 14.4. The highest BCUT2D eigenvalue weighted by Gasteiger charge is 2.42. The first kappa shape index (κ1) is 46.7. The van der Waals surface area contributed by atoms with Gasteiger partial charge in [-0.1, -0.05) is 93.6 Å². The number of aromatic nitrogens is 2.